The van der Waals surface area contributed by atoms with Crippen LogP contribution in [0.4, 0.5) is 5.82 Å². The third-order valence-corrected chi connectivity index (χ3v) is 3.35. The van der Waals surface area contributed by atoms with E-state index in [-0.39, 0.29) is 0 Å². The maximum atomic E-state index is 4.64. The number of aromatic nitrogens is 3. The summed E-state index contributed by atoms with van der Waals surface area (Å²) in [5, 5.41) is 0. The van der Waals surface area contributed by atoms with Gasteiger partial charge >= 0.3 is 0 Å². The van der Waals surface area contributed by atoms with E-state index in [1.165, 1.54) is 5.56 Å². The van der Waals surface area contributed by atoms with Gasteiger partial charge in [-0.15, -0.1) is 0 Å². The van der Waals surface area contributed by atoms with Crippen LogP contribution in [0.3, 0.4) is 0 Å². The number of nitrogens with zero attached hydrogens (tertiary/aromatic N) is 4. The van der Waals surface area contributed by atoms with Crippen LogP contribution in [0.25, 0.3) is 11.2 Å². The first-order valence-corrected chi connectivity index (χ1v) is 7.23. The lowest BCUT2D eigenvalue weighted by Gasteiger charge is -2.23. The van der Waals surface area contributed by atoms with E-state index in [2.05, 4.69) is 51.0 Å². The van der Waals surface area contributed by atoms with Crippen molar-refractivity contribution in [1.82, 2.24) is 15.0 Å². The summed E-state index contributed by atoms with van der Waals surface area (Å²) in [4.78, 5) is 15.5. The molecule has 21 heavy (non-hydrogen) atoms. The smallest absolute Gasteiger partial charge is 0.180 e. The molecule has 0 aliphatic carbocycles. The Bertz CT molecular complexity index is 712. The van der Waals surface area contributed by atoms with Gasteiger partial charge in [0.05, 0.1) is 0 Å². The van der Waals surface area contributed by atoms with Crippen molar-refractivity contribution < 1.29 is 0 Å². The fourth-order valence-electron chi connectivity index (χ4n) is 2.37. The van der Waals surface area contributed by atoms with Gasteiger partial charge in [0, 0.05) is 25.5 Å². The molecule has 2 aromatic heterocycles. The molecule has 0 bridgehead atoms. The molecular formula is C17H18N4. The minimum absolute atomic E-state index is 0.698. The first-order chi connectivity index (χ1) is 10.4. The van der Waals surface area contributed by atoms with Crippen molar-refractivity contribution >= 4 is 17.0 Å². The Morgan fingerprint density at radius 2 is 1.76 bits per heavy atom. The zero-order valence-corrected chi connectivity index (χ0v) is 12.1. The molecule has 0 N–H and O–H groups in total. The van der Waals surface area contributed by atoms with Gasteiger partial charge in [0.1, 0.15) is 11.3 Å². The highest BCUT2D eigenvalue weighted by Crippen LogP contribution is 2.18. The predicted octanol–water partition coefficient (Wildman–Crippen LogP) is 3.44. The summed E-state index contributed by atoms with van der Waals surface area (Å²) in [5.74, 6) is 0.953. The second-order valence-electron chi connectivity index (χ2n) is 4.98. The number of anilines is 1. The molecule has 2 heterocycles. The van der Waals surface area contributed by atoms with Crippen LogP contribution in [-0.2, 0) is 6.54 Å². The molecule has 0 atom stereocenters. The summed E-state index contributed by atoms with van der Waals surface area (Å²) in [6.45, 7) is 4.00. The van der Waals surface area contributed by atoms with E-state index in [0.29, 0.717) is 5.65 Å². The molecule has 4 nitrogen and oxygen atoms in total. The fraction of sp³-hybridized carbons (Fsp3) is 0.235. The third-order valence-electron chi connectivity index (χ3n) is 3.35. The van der Waals surface area contributed by atoms with Crippen molar-refractivity contribution in [2.24, 2.45) is 0 Å². The maximum absolute atomic E-state index is 4.64. The second-order valence-corrected chi connectivity index (χ2v) is 4.98. The SMILES string of the molecule is CCCN(Cc1ccccc1)c1ccc2nccnc2n1. The molecule has 0 saturated carbocycles. The van der Waals surface area contributed by atoms with E-state index in [9.17, 15) is 0 Å². The molecule has 4 heteroatoms. The van der Waals surface area contributed by atoms with E-state index >= 15 is 0 Å². The highest BCUT2D eigenvalue weighted by atomic mass is 15.2. The maximum Gasteiger partial charge on any atom is 0.180 e. The van der Waals surface area contributed by atoms with Crippen molar-refractivity contribution in [3.8, 4) is 0 Å². The van der Waals surface area contributed by atoms with Gasteiger partial charge in [-0.1, -0.05) is 37.3 Å². The topological polar surface area (TPSA) is 41.9 Å². The van der Waals surface area contributed by atoms with Gasteiger partial charge in [-0.05, 0) is 24.1 Å². The lowest BCUT2D eigenvalue weighted by atomic mass is 10.2. The van der Waals surface area contributed by atoms with Crippen LogP contribution in [-0.4, -0.2) is 21.5 Å². The lowest BCUT2D eigenvalue weighted by Crippen LogP contribution is -2.24. The van der Waals surface area contributed by atoms with Crippen LogP contribution in [0.1, 0.15) is 18.9 Å². The van der Waals surface area contributed by atoms with Crippen molar-refractivity contribution in [1.29, 1.82) is 0 Å². The Balaban J connectivity index is 1.91. The molecule has 0 amide bonds. The minimum Gasteiger partial charge on any atom is -0.352 e. The Morgan fingerprint density at radius 3 is 2.57 bits per heavy atom. The van der Waals surface area contributed by atoms with Crippen LogP contribution < -0.4 is 4.90 Å². The summed E-state index contributed by atoms with van der Waals surface area (Å²) >= 11 is 0. The zero-order valence-electron chi connectivity index (χ0n) is 12.1. The number of fused-ring (bicyclic) bond motifs is 1. The molecule has 0 spiro atoms. The Labute approximate surface area is 124 Å². The number of rotatable bonds is 5. The van der Waals surface area contributed by atoms with Crippen molar-refractivity contribution in [2.75, 3.05) is 11.4 Å². The molecule has 0 fully saturated rings. The monoisotopic (exact) mass is 278 g/mol. The van der Waals surface area contributed by atoms with Gasteiger partial charge in [0.2, 0.25) is 0 Å². The predicted molar refractivity (Wildman–Crippen MR) is 85.1 cm³/mol. The highest BCUT2D eigenvalue weighted by Gasteiger charge is 2.09. The number of benzene rings is 1. The first-order valence-electron chi connectivity index (χ1n) is 7.23. The molecule has 106 valence electrons. The zero-order chi connectivity index (χ0) is 14.5. The number of pyridine rings is 1. The summed E-state index contributed by atoms with van der Waals surface area (Å²) in [6, 6.07) is 14.5. The largest absolute Gasteiger partial charge is 0.352 e. The summed E-state index contributed by atoms with van der Waals surface area (Å²) in [7, 11) is 0. The molecule has 0 saturated heterocycles. The third kappa shape index (κ3) is 3.16. The van der Waals surface area contributed by atoms with Crippen LogP contribution in [0.2, 0.25) is 0 Å². The average Bonchev–Trinajstić information content (AvgIpc) is 2.55. The first kappa shape index (κ1) is 13.5. The van der Waals surface area contributed by atoms with Gasteiger partial charge in [-0.3, -0.25) is 4.98 Å². The van der Waals surface area contributed by atoms with E-state index in [4.69, 9.17) is 0 Å². The lowest BCUT2D eigenvalue weighted by molar-refractivity contribution is 0.756. The number of hydrogen-bond acceptors (Lipinski definition) is 4. The van der Waals surface area contributed by atoms with Gasteiger partial charge < -0.3 is 4.90 Å². The fourth-order valence-corrected chi connectivity index (χ4v) is 2.37. The Kier molecular flexibility index (Phi) is 4.05. The van der Waals surface area contributed by atoms with Crippen LogP contribution >= 0.6 is 0 Å². The second kappa shape index (κ2) is 6.31. The van der Waals surface area contributed by atoms with Crippen molar-refractivity contribution in [2.45, 2.75) is 19.9 Å². The molecule has 0 unspecified atom stereocenters. The quantitative estimate of drug-likeness (QED) is 0.717. The Hall–Kier alpha value is -2.49. The van der Waals surface area contributed by atoms with E-state index < -0.39 is 0 Å². The van der Waals surface area contributed by atoms with E-state index in [1.807, 2.05) is 18.2 Å². The summed E-state index contributed by atoms with van der Waals surface area (Å²) in [5.41, 5.74) is 2.81. The number of hydrogen-bond donors (Lipinski definition) is 0. The summed E-state index contributed by atoms with van der Waals surface area (Å²) in [6.07, 6.45) is 4.45. The van der Waals surface area contributed by atoms with Crippen LogP contribution in [0, 0.1) is 0 Å². The van der Waals surface area contributed by atoms with Crippen molar-refractivity contribution in [3.63, 3.8) is 0 Å². The van der Waals surface area contributed by atoms with Gasteiger partial charge in [-0.25, -0.2) is 9.97 Å². The minimum atomic E-state index is 0.698. The summed E-state index contributed by atoms with van der Waals surface area (Å²) < 4.78 is 0. The van der Waals surface area contributed by atoms with Crippen LogP contribution in [0.5, 0.6) is 0 Å². The standard InChI is InChI=1S/C17H18N4/c1-2-12-21(13-14-6-4-3-5-7-14)16-9-8-15-17(20-16)19-11-10-18-15/h3-11H,2,12-13H2,1H3. The molecule has 0 radical (unpaired) electrons. The molecule has 1 aromatic carbocycles. The van der Waals surface area contributed by atoms with Gasteiger partial charge in [-0.2, -0.15) is 0 Å². The van der Waals surface area contributed by atoms with Gasteiger partial charge in [0.15, 0.2) is 5.65 Å². The van der Waals surface area contributed by atoms with E-state index in [0.717, 1.165) is 30.8 Å². The highest BCUT2D eigenvalue weighted by molar-refractivity contribution is 5.71. The van der Waals surface area contributed by atoms with E-state index in [1.54, 1.807) is 12.4 Å². The van der Waals surface area contributed by atoms with Crippen LogP contribution in [0.15, 0.2) is 54.9 Å². The normalized spacial score (nSPS) is 10.7. The molecule has 3 aromatic rings. The average molecular weight is 278 g/mol. The molecule has 3 rings (SSSR count). The Morgan fingerprint density at radius 1 is 0.952 bits per heavy atom. The molecular weight excluding hydrogens is 260 g/mol. The van der Waals surface area contributed by atoms with Crippen molar-refractivity contribution in [3.05, 3.63) is 60.4 Å². The molecule has 0 aliphatic rings. The van der Waals surface area contributed by atoms with Gasteiger partial charge in [0.25, 0.3) is 0 Å². The molecule has 0 aliphatic heterocycles.